The Morgan fingerprint density at radius 2 is 1.10 bits per heavy atom. The highest BCUT2D eigenvalue weighted by Gasteiger charge is 2.35. The summed E-state index contributed by atoms with van der Waals surface area (Å²) in [6.07, 6.45) is 1.81. The fraction of sp³-hybridized carbons (Fsp3) is 0.0789. The van der Waals surface area contributed by atoms with Crippen LogP contribution in [0, 0.1) is 0 Å². The lowest BCUT2D eigenvalue weighted by atomic mass is 9.94. The van der Waals surface area contributed by atoms with Gasteiger partial charge in [-0.3, -0.25) is 38.7 Å². The summed E-state index contributed by atoms with van der Waals surface area (Å²) in [5.41, 5.74) is 1.74. The van der Waals surface area contributed by atoms with E-state index in [-0.39, 0.29) is 76.1 Å². The number of allylic oxidation sites excluding steroid dienone is 2. The van der Waals surface area contributed by atoms with E-state index in [2.05, 4.69) is 52.0 Å². The third kappa shape index (κ3) is 11.0. The predicted octanol–water partition coefficient (Wildman–Crippen LogP) is 2.76. The molecule has 0 amide bonds. The Balaban J connectivity index is 1.18. The average Bonchev–Trinajstić information content (AvgIpc) is 3.26. The van der Waals surface area contributed by atoms with Crippen LogP contribution in [0.15, 0.2) is 103 Å². The molecule has 31 heteroatoms. The summed E-state index contributed by atoms with van der Waals surface area (Å²) < 4.78 is 142. The molecule has 0 fully saturated rings. The van der Waals surface area contributed by atoms with Gasteiger partial charge in [-0.05, 0) is 90.0 Å². The smallest absolute Gasteiger partial charge is 0.296 e. The number of carbonyl (C=O) groups excluding carboxylic acids is 2. The largest absolute Gasteiger partial charge is 0.506 e. The van der Waals surface area contributed by atoms with E-state index >= 15 is 0 Å². The van der Waals surface area contributed by atoms with Crippen LogP contribution in [0.2, 0.25) is 0 Å². The van der Waals surface area contributed by atoms with Crippen LogP contribution in [-0.2, 0) is 40.5 Å². The number of ketones is 2. The molecule has 360 valence electrons. The van der Waals surface area contributed by atoms with Crippen molar-refractivity contribution in [3.8, 4) is 11.5 Å². The van der Waals surface area contributed by atoms with Gasteiger partial charge in [-0.15, -0.1) is 0 Å². The topological polar surface area (TPSA) is 425 Å². The zero-order valence-corrected chi connectivity index (χ0v) is 37.8. The summed E-state index contributed by atoms with van der Waals surface area (Å²) in [7, 11) is -18.8. The Kier molecular flexibility index (Phi) is 13.3. The van der Waals surface area contributed by atoms with Gasteiger partial charge in [0.1, 0.15) is 26.2 Å². The minimum Gasteiger partial charge on any atom is -0.506 e. The monoisotopic (exact) mass is 1030 g/mol. The van der Waals surface area contributed by atoms with E-state index in [4.69, 9.17) is 4.74 Å². The highest BCUT2D eigenvalue weighted by atomic mass is 32.2. The number of aliphatic hydroxyl groups excluding tert-OH is 1. The Bertz CT molecular complexity index is 3600. The zero-order chi connectivity index (χ0) is 50.2. The number of anilines is 7. The maximum atomic E-state index is 13.7. The molecule has 1 heterocycles. The number of fused-ring (bicyclic) bond motifs is 2. The van der Waals surface area contributed by atoms with E-state index in [0.717, 1.165) is 42.5 Å². The first kappa shape index (κ1) is 49.2. The molecule has 1 aromatic heterocycles. The lowest BCUT2D eigenvalue weighted by Gasteiger charge is -2.18. The summed E-state index contributed by atoms with van der Waals surface area (Å²) in [4.78, 5) is 36.7. The minimum atomic E-state index is -5.18. The number of nitrogens with one attached hydrogen (secondary N) is 5. The molecule has 0 saturated heterocycles. The Morgan fingerprint density at radius 3 is 1.57 bits per heavy atom. The Hall–Kier alpha value is -7.75. The lowest BCUT2D eigenvalue weighted by molar-refractivity contribution is 0.105. The molecular formula is C38H32N10O17S4. The molecule has 7 rings (SSSR count). The van der Waals surface area contributed by atoms with Crippen molar-refractivity contribution in [1.82, 2.24) is 15.0 Å². The summed E-state index contributed by atoms with van der Waals surface area (Å²) in [5.74, 6) is -3.16. The van der Waals surface area contributed by atoms with Gasteiger partial charge in [0.25, 0.3) is 40.5 Å². The molecular weight excluding hydrogens is 997 g/mol. The third-order valence-electron chi connectivity index (χ3n) is 9.47. The standard InChI is InChI=1S/C38H32N10O17S4/c1-65-22-4-8-26(29(16-22)67(56,57)58)45-47-32-30(68(59,60)61)14-18-12-20(2-6-24(18)34(32)51)40-37-42-36(39-10-11-49)43-38(44-37)41-21-3-7-25-19(13-21)15-31(69(62,63)64)33(35(25)52)48-46-27-17-23(66(53,54)55)5-9-28(27)50/h2-9,12-17,45-46,49-50H,10-11H2,1H3,(H,53,54,55)(H,56,57,58)(H,59,60,61)(H,62,63,64)(H3,39,40,41,42,43,44)/b47-32+,48-33+. The highest BCUT2D eigenvalue weighted by molar-refractivity contribution is 7.91. The summed E-state index contributed by atoms with van der Waals surface area (Å²) in [6.45, 7) is -0.406. The van der Waals surface area contributed by atoms with Crippen molar-refractivity contribution in [3.63, 3.8) is 0 Å². The van der Waals surface area contributed by atoms with Crippen molar-refractivity contribution < 1.29 is 76.4 Å². The van der Waals surface area contributed by atoms with E-state index in [0.29, 0.717) is 0 Å². The molecule has 0 saturated carbocycles. The number of hydrogen-bond acceptors (Lipinski definition) is 23. The number of aromatic hydroxyl groups is 1. The maximum absolute atomic E-state index is 13.7. The van der Waals surface area contributed by atoms with Crippen LogP contribution in [0.25, 0.3) is 12.2 Å². The summed E-state index contributed by atoms with van der Waals surface area (Å²) in [6, 6.07) is 13.6. The fourth-order valence-corrected chi connectivity index (χ4v) is 8.84. The fourth-order valence-electron chi connectivity index (χ4n) is 6.36. The van der Waals surface area contributed by atoms with E-state index in [1.54, 1.807) is 0 Å². The molecule has 0 spiro atoms. The van der Waals surface area contributed by atoms with Crippen LogP contribution in [0.1, 0.15) is 31.8 Å². The number of benzene rings is 4. The number of Topliss-reactive ketones (excluding diaryl/α,β-unsaturated/α-hetero) is 2. The van der Waals surface area contributed by atoms with Gasteiger partial charge in [-0.2, -0.15) is 58.8 Å². The number of carbonyl (C=O) groups is 2. The zero-order valence-electron chi connectivity index (χ0n) is 34.5. The Labute approximate surface area is 389 Å². The third-order valence-corrected chi connectivity index (χ3v) is 12.9. The second-order valence-electron chi connectivity index (χ2n) is 14.1. The number of ether oxygens (including phenoxy) is 1. The molecule has 0 radical (unpaired) electrons. The highest BCUT2D eigenvalue weighted by Crippen LogP contribution is 2.33. The molecule has 0 aliphatic heterocycles. The van der Waals surface area contributed by atoms with Gasteiger partial charge >= 0.3 is 0 Å². The molecule has 5 aromatic rings. The first-order chi connectivity index (χ1) is 32.3. The first-order valence-electron chi connectivity index (χ1n) is 18.9. The van der Waals surface area contributed by atoms with Crippen molar-refractivity contribution in [1.29, 1.82) is 0 Å². The van der Waals surface area contributed by atoms with Gasteiger partial charge in [0.2, 0.25) is 29.4 Å². The number of hydrogen-bond donors (Lipinski definition) is 11. The lowest BCUT2D eigenvalue weighted by Crippen LogP contribution is -2.27. The predicted molar refractivity (Wildman–Crippen MR) is 245 cm³/mol. The van der Waals surface area contributed by atoms with Gasteiger partial charge in [0, 0.05) is 35.1 Å². The number of phenols is 1. The molecule has 27 nitrogen and oxygen atoms in total. The molecule has 11 N–H and O–H groups in total. The molecule has 2 aliphatic carbocycles. The van der Waals surface area contributed by atoms with Crippen molar-refractivity contribution in [2.24, 2.45) is 10.2 Å². The van der Waals surface area contributed by atoms with E-state index in [1.807, 2.05) is 0 Å². The van der Waals surface area contributed by atoms with Crippen LogP contribution in [0.3, 0.4) is 0 Å². The van der Waals surface area contributed by atoms with Crippen molar-refractivity contribution in [2.45, 2.75) is 9.79 Å². The van der Waals surface area contributed by atoms with Gasteiger partial charge < -0.3 is 30.9 Å². The molecule has 4 aromatic carbocycles. The molecule has 2 aliphatic rings. The second kappa shape index (κ2) is 18.7. The van der Waals surface area contributed by atoms with Gasteiger partial charge in [-0.1, -0.05) is 0 Å². The summed E-state index contributed by atoms with van der Waals surface area (Å²) >= 11 is 0. The van der Waals surface area contributed by atoms with Crippen molar-refractivity contribution >= 4 is 116 Å². The van der Waals surface area contributed by atoms with Crippen LogP contribution in [0.5, 0.6) is 11.5 Å². The number of aromatic nitrogens is 3. The maximum Gasteiger partial charge on any atom is 0.296 e. The van der Waals surface area contributed by atoms with E-state index in [9.17, 15) is 71.7 Å². The quantitative estimate of drug-likeness (QED) is 0.0384. The molecule has 0 atom stereocenters. The van der Waals surface area contributed by atoms with E-state index in [1.165, 1.54) is 49.6 Å². The number of phenolic OH excluding ortho intramolecular Hbond substituents is 1. The van der Waals surface area contributed by atoms with Crippen LogP contribution >= 0.6 is 0 Å². The number of methoxy groups -OCH3 is 1. The van der Waals surface area contributed by atoms with Crippen LogP contribution in [-0.4, -0.2) is 120 Å². The molecule has 0 bridgehead atoms. The van der Waals surface area contributed by atoms with Gasteiger partial charge in [0.15, 0.2) is 11.4 Å². The average molecular weight is 1030 g/mol. The van der Waals surface area contributed by atoms with Crippen molar-refractivity contribution in [3.05, 3.63) is 105 Å². The van der Waals surface area contributed by atoms with Crippen LogP contribution < -0.4 is 31.5 Å². The number of hydrazone groups is 2. The van der Waals surface area contributed by atoms with Gasteiger partial charge in [0.05, 0.1) is 30.0 Å². The molecule has 0 unspecified atom stereocenters. The van der Waals surface area contributed by atoms with Crippen molar-refractivity contribution in [2.75, 3.05) is 47.1 Å². The Morgan fingerprint density at radius 1 is 0.594 bits per heavy atom. The number of aliphatic hydroxyl groups is 1. The first-order valence-corrected chi connectivity index (χ1v) is 24.6. The normalized spacial score (nSPS) is 15.2. The number of nitrogens with zero attached hydrogens (tertiary/aromatic N) is 5. The molecule has 69 heavy (non-hydrogen) atoms. The SMILES string of the molecule is COc1ccc(N/N=C2/C(=O)c3ccc(Nc4nc(NCCO)nc(Nc5ccc6c(c5)C=C(S(=O)(=O)O)/C(=N\Nc5cc(S(=O)(=O)O)ccc5O)C6=O)n4)cc3C=C2S(=O)(=O)O)c(S(=O)(=O)O)c1. The van der Waals surface area contributed by atoms with E-state index < -0.39 is 94.5 Å². The van der Waals surface area contributed by atoms with Gasteiger partial charge in [-0.25, -0.2) is 0 Å². The second-order valence-corrected chi connectivity index (χ2v) is 19.7. The van der Waals surface area contributed by atoms with Crippen LogP contribution in [0.4, 0.5) is 40.6 Å². The summed E-state index contributed by atoms with van der Waals surface area (Å²) in [5, 5.41) is 35.6. The number of rotatable bonds is 16. The minimum absolute atomic E-state index is 0.0232.